The minimum absolute atomic E-state index is 0.0329. The number of carbonyl (C=O) groups excluding carboxylic acids is 3. The zero-order chi connectivity index (χ0) is 16.1. The molecule has 22 heavy (non-hydrogen) atoms. The molecular weight excluding hydrogens is 292 g/mol. The van der Waals surface area contributed by atoms with E-state index < -0.39 is 35.8 Å². The Labute approximate surface area is 125 Å². The van der Waals surface area contributed by atoms with Crippen LogP contribution in [-0.4, -0.2) is 35.0 Å². The highest BCUT2D eigenvalue weighted by Gasteiger charge is 2.41. The Kier molecular flexibility index (Phi) is 4.72. The monoisotopic (exact) mass is 306 g/mol. The summed E-state index contributed by atoms with van der Waals surface area (Å²) in [6.07, 6.45) is -1.25. The summed E-state index contributed by atoms with van der Waals surface area (Å²) in [5, 5.41) is 13.2. The molecule has 1 saturated heterocycles. The number of carboxylic acids is 1. The third-order valence-electron chi connectivity index (χ3n) is 3.16. The van der Waals surface area contributed by atoms with E-state index in [0.29, 0.717) is 0 Å². The van der Waals surface area contributed by atoms with Gasteiger partial charge in [0.2, 0.25) is 11.8 Å². The van der Waals surface area contributed by atoms with Crippen molar-refractivity contribution >= 4 is 23.9 Å². The van der Waals surface area contributed by atoms with Crippen LogP contribution in [0, 0.1) is 5.92 Å². The van der Waals surface area contributed by atoms with Crippen LogP contribution >= 0.6 is 0 Å². The summed E-state index contributed by atoms with van der Waals surface area (Å²) in [7, 11) is 0. The fraction of sp³-hybridized carbons (Fsp3) is 0.286. The van der Waals surface area contributed by atoms with Gasteiger partial charge < -0.3 is 15.2 Å². The Morgan fingerprint density at radius 1 is 1.32 bits per heavy atom. The summed E-state index contributed by atoms with van der Waals surface area (Å²) >= 11 is 0. The average Bonchev–Trinajstić information content (AvgIpc) is 2.82. The van der Waals surface area contributed by atoms with Crippen LogP contribution in [0.2, 0.25) is 0 Å². The Hall–Kier alpha value is -2.90. The Balaban J connectivity index is 1.93. The molecular formula is C14H14N2O6. The van der Waals surface area contributed by atoms with E-state index in [-0.39, 0.29) is 13.0 Å². The Bertz CT molecular complexity index is 601. The Morgan fingerprint density at radius 2 is 2.00 bits per heavy atom. The smallest absolute Gasteiger partial charge is 0.408 e. The van der Waals surface area contributed by atoms with Crippen LogP contribution in [0.5, 0.6) is 0 Å². The van der Waals surface area contributed by atoms with Gasteiger partial charge in [0, 0.05) is 6.42 Å². The fourth-order valence-electron chi connectivity index (χ4n) is 2.07. The molecule has 2 rings (SSSR count). The number of nitrogens with one attached hydrogen (secondary N) is 2. The molecule has 0 bridgehead atoms. The zero-order valence-electron chi connectivity index (χ0n) is 11.4. The lowest BCUT2D eigenvalue weighted by atomic mass is 9.98. The molecule has 2 atom stereocenters. The summed E-state index contributed by atoms with van der Waals surface area (Å²) in [5.41, 5.74) is 0.735. The number of hydrogen-bond donors (Lipinski definition) is 3. The molecule has 1 heterocycles. The van der Waals surface area contributed by atoms with Gasteiger partial charge in [0.25, 0.3) is 0 Å². The first-order valence-electron chi connectivity index (χ1n) is 6.51. The molecule has 1 fully saturated rings. The quantitative estimate of drug-likeness (QED) is 0.660. The first-order valence-corrected chi connectivity index (χ1v) is 6.51. The van der Waals surface area contributed by atoms with Crippen LogP contribution in [0.25, 0.3) is 0 Å². The lowest BCUT2D eigenvalue weighted by Gasteiger charge is -2.18. The number of ether oxygens (including phenoxy) is 1. The number of benzene rings is 1. The average molecular weight is 306 g/mol. The standard InChI is InChI=1S/C14H14N2O6/c17-10-6-9(12(18)15-10)11(13(19)20)16-14(21)22-7-8-4-2-1-3-5-8/h1-5,9,11H,6-7H2,(H,16,21)(H,19,20)(H,15,17,18). The molecule has 8 heteroatoms. The predicted molar refractivity (Wildman–Crippen MR) is 72.4 cm³/mol. The second kappa shape index (κ2) is 6.70. The Morgan fingerprint density at radius 3 is 2.55 bits per heavy atom. The van der Waals surface area contributed by atoms with E-state index in [1.165, 1.54) is 0 Å². The molecule has 0 saturated carbocycles. The van der Waals surface area contributed by atoms with E-state index in [1.807, 2.05) is 5.32 Å². The molecule has 0 spiro atoms. The van der Waals surface area contributed by atoms with Gasteiger partial charge in [0.05, 0.1) is 5.92 Å². The van der Waals surface area contributed by atoms with E-state index >= 15 is 0 Å². The molecule has 1 aromatic carbocycles. The molecule has 0 aromatic heterocycles. The number of alkyl carbamates (subject to hydrolysis) is 1. The van der Waals surface area contributed by atoms with Gasteiger partial charge in [-0.15, -0.1) is 0 Å². The van der Waals surface area contributed by atoms with Crippen LogP contribution in [0.1, 0.15) is 12.0 Å². The lowest BCUT2D eigenvalue weighted by molar-refractivity contribution is -0.143. The van der Waals surface area contributed by atoms with Crippen molar-refractivity contribution in [2.24, 2.45) is 5.92 Å². The second-order valence-electron chi connectivity index (χ2n) is 4.75. The van der Waals surface area contributed by atoms with E-state index in [2.05, 4.69) is 5.32 Å². The molecule has 3 amide bonds. The van der Waals surface area contributed by atoms with Gasteiger partial charge in [0.1, 0.15) is 12.6 Å². The molecule has 1 aromatic rings. The number of amides is 3. The normalized spacial score (nSPS) is 18.5. The number of rotatable bonds is 5. The van der Waals surface area contributed by atoms with E-state index in [4.69, 9.17) is 9.84 Å². The topological polar surface area (TPSA) is 122 Å². The molecule has 0 aliphatic carbocycles. The molecule has 2 unspecified atom stereocenters. The maximum atomic E-state index is 11.7. The lowest BCUT2D eigenvalue weighted by Crippen LogP contribution is -2.48. The largest absolute Gasteiger partial charge is 0.480 e. The van der Waals surface area contributed by atoms with Crippen molar-refractivity contribution in [3.05, 3.63) is 35.9 Å². The van der Waals surface area contributed by atoms with Crippen molar-refractivity contribution < 1.29 is 29.0 Å². The molecule has 8 nitrogen and oxygen atoms in total. The van der Waals surface area contributed by atoms with Crippen molar-refractivity contribution in [3.8, 4) is 0 Å². The van der Waals surface area contributed by atoms with Gasteiger partial charge in [-0.3, -0.25) is 14.9 Å². The van der Waals surface area contributed by atoms with Gasteiger partial charge in [0.15, 0.2) is 0 Å². The van der Waals surface area contributed by atoms with Gasteiger partial charge in [-0.1, -0.05) is 30.3 Å². The van der Waals surface area contributed by atoms with Gasteiger partial charge in [-0.05, 0) is 5.56 Å². The predicted octanol–water partition coefficient (Wildman–Crippen LogP) is 0.0287. The first kappa shape index (κ1) is 15.5. The van der Waals surface area contributed by atoms with Crippen molar-refractivity contribution in [1.82, 2.24) is 10.6 Å². The number of hydrogen-bond acceptors (Lipinski definition) is 5. The number of aliphatic carboxylic acids is 1. The van der Waals surface area contributed by atoms with Crippen molar-refractivity contribution in [2.75, 3.05) is 0 Å². The number of carboxylic acid groups (broad SMARTS) is 1. The van der Waals surface area contributed by atoms with Gasteiger partial charge >= 0.3 is 12.1 Å². The molecule has 116 valence electrons. The van der Waals surface area contributed by atoms with Crippen LogP contribution < -0.4 is 10.6 Å². The summed E-state index contributed by atoms with van der Waals surface area (Å²) < 4.78 is 4.90. The number of imide groups is 1. The van der Waals surface area contributed by atoms with Crippen LogP contribution in [-0.2, 0) is 25.7 Å². The maximum absolute atomic E-state index is 11.7. The summed E-state index contributed by atoms with van der Waals surface area (Å²) in [4.78, 5) is 45.5. The summed E-state index contributed by atoms with van der Waals surface area (Å²) in [5.74, 6) is -3.85. The summed E-state index contributed by atoms with van der Waals surface area (Å²) in [6, 6.07) is 7.31. The van der Waals surface area contributed by atoms with Crippen molar-refractivity contribution in [1.29, 1.82) is 0 Å². The molecule has 0 radical (unpaired) electrons. The minimum Gasteiger partial charge on any atom is -0.480 e. The van der Waals surface area contributed by atoms with Crippen molar-refractivity contribution in [2.45, 2.75) is 19.1 Å². The highest BCUT2D eigenvalue weighted by atomic mass is 16.5. The highest BCUT2D eigenvalue weighted by molar-refractivity contribution is 6.05. The van der Waals surface area contributed by atoms with Gasteiger partial charge in [-0.25, -0.2) is 9.59 Å². The van der Waals surface area contributed by atoms with Crippen LogP contribution in [0.15, 0.2) is 30.3 Å². The number of carbonyl (C=O) groups is 4. The second-order valence-corrected chi connectivity index (χ2v) is 4.75. The molecule has 1 aliphatic rings. The molecule has 1 aliphatic heterocycles. The third kappa shape index (κ3) is 3.81. The molecule has 3 N–H and O–H groups in total. The highest BCUT2D eigenvalue weighted by Crippen LogP contribution is 2.16. The van der Waals surface area contributed by atoms with Gasteiger partial charge in [-0.2, -0.15) is 0 Å². The minimum atomic E-state index is -1.52. The van der Waals surface area contributed by atoms with E-state index in [1.54, 1.807) is 30.3 Å². The zero-order valence-corrected chi connectivity index (χ0v) is 11.4. The SMILES string of the molecule is O=C1CC(C(NC(=O)OCc2ccccc2)C(=O)O)C(=O)N1. The third-order valence-corrected chi connectivity index (χ3v) is 3.16. The van der Waals surface area contributed by atoms with Crippen molar-refractivity contribution in [3.63, 3.8) is 0 Å². The van der Waals surface area contributed by atoms with E-state index in [9.17, 15) is 19.2 Å². The van der Waals surface area contributed by atoms with E-state index in [0.717, 1.165) is 5.56 Å². The summed E-state index contributed by atoms with van der Waals surface area (Å²) in [6.45, 7) is -0.0329. The van der Waals surface area contributed by atoms with Crippen LogP contribution in [0.4, 0.5) is 4.79 Å². The first-order chi connectivity index (χ1) is 10.5. The maximum Gasteiger partial charge on any atom is 0.408 e. The fourth-order valence-corrected chi connectivity index (χ4v) is 2.07. The van der Waals surface area contributed by atoms with Crippen LogP contribution in [0.3, 0.4) is 0 Å².